The first kappa shape index (κ1) is 18.1. The average molecular weight is 404 g/mol. The van der Waals surface area contributed by atoms with Crippen LogP contribution in [0.2, 0.25) is 10.0 Å². The summed E-state index contributed by atoms with van der Waals surface area (Å²) < 4.78 is 7.86. The molecule has 3 heterocycles. The minimum absolute atomic E-state index is 0.0568. The summed E-state index contributed by atoms with van der Waals surface area (Å²) in [7, 11) is 0. The van der Waals surface area contributed by atoms with E-state index in [0.29, 0.717) is 15.9 Å². The molecule has 2 aromatic heterocycles. The van der Waals surface area contributed by atoms with Gasteiger partial charge in [-0.25, -0.2) is 9.67 Å². The van der Waals surface area contributed by atoms with Crippen LogP contribution in [0, 0.1) is 13.8 Å². The molecular formula is C19H19Cl2N5O. The predicted octanol–water partition coefficient (Wildman–Crippen LogP) is 4.24. The first-order chi connectivity index (χ1) is 13.0. The lowest BCUT2D eigenvalue weighted by atomic mass is 10.3. The molecule has 1 aliphatic rings. The predicted molar refractivity (Wildman–Crippen MR) is 106 cm³/mol. The van der Waals surface area contributed by atoms with Gasteiger partial charge in [-0.15, -0.1) is 0 Å². The fourth-order valence-electron chi connectivity index (χ4n) is 3.24. The van der Waals surface area contributed by atoms with Crippen LogP contribution in [0.15, 0.2) is 36.7 Å². The van der Waals surface area contributed by atoms with Crippen molar-refractivity contribution in [2.24, 2.45) is 0 Å². The Morgan fingerprint density at radius 3 is 2.63 bits per heavy atom. The molecule has 0 spiro atoms. The molecule has 0 N–H and O–H groups in total. The number of benzene rings is 1. The quantitative estimate of drug-likeness (QED) is 0.651. The Morgan fingerprint density at radius 1 is 1.07 bits per heavy atom. The molecule has 8 heteroatoms. The second kappa shape index (κ2) is 7.37. The summed E-state index contributed by atoms with van der Waals surface area (Å²) in [6, 6.07) is 7.34. The maximum Gasteiger partial charge on any atom is 0.174 e. The Labute approximate surface area is 167 Å². The Bertz CT molecular complexity index is 974. The number of halogens is 2. The molecule has 1 fully saturated rings. The first-order valence-corrected chi connectivity index (χ1v) is 9.47. The maximum absolute atomic E-state index is 6.07. The van der Waals surface area contributed by atoms with E-state index in [0.717, 1.165) is 42.5 Å². The zero-order valence-corrected chi connectivity index (χ0v) is 16.6. The van der Waals surface area contributed by atoms with E-state index in [1.165, 1.54) is 0 Å². The number of anilines is 1. The van der Waals surface area contributed by atoms with Gasteiger partial charge in [-0.1, -0.05) is 23.2 Å². The first-order valence-electron chi connectivity index (χ1n) is 8.72. The highest BCUT2D eigenvalue weighted by atomic mass is 35.5. The van der Waals surface area contributed by atoms with Crippen LogP contribution in [0.25, 0.3) is 5.82 Å². The minimum Gasteiger partial charge on any atom is -0.488 e. The van der Waals surface area contributed by atoms with Gasteiger partial charge in [0, 0.05) is 24.7 Å². The largest absolute Gasteiger partial charge is 0.488 e. The summed E-state index contributed by atoms with van der Waals surface area (Å²) in [4.78, 5) is 11.3. The van der Waals surface area contributed by atoms with Gasteiger partial charge in [0.05, 0.1) is 34.7 Å². The fraction of sp³-hybridized carbons (Fsp3) is 0.316. The van der Waals surface area contributed by atoms with E-state index < -0.39 is 0 Å². The highest BCUT2D eigenvalue weighted by Crippen LogP contribution is 2.28. The van der Waals surface area contributed by atoms with E-state index in [9.17, 15) is 0 Å². The summed E-state index contributed by atoms with van der Waals surface area (Å²) in [5.41, 5.74) is 1.98. The van der Waals surface area contributed by atoms with Crippen molar-refractivity contribution in [3.63, 3.8) is 0 Å². The number of rotatable bonds is 4. The van der Waals surface area contributed by atoms with Gasteiger partial charge in [0.25, 0.3) is 0 Å². The van der Waals surface area contributed by atoms with E-state index >= 15 is 0 Å². The van der Waals surface area contributed by atoms with Crippen LogP contribution in [0.5, 0.6) is 5.75 Å². The van der Waals surface area contributed by atoms with Crippen LogP contribution >= 0.6 is 23.2 Å². The molecule has 1 aliphatic heterocycles. The number of aromatic nitrogens is 4. The summed E-state index contributed by atoms with van der Waals surface area (Å²) in [5.74, 6) is 2.26. The van der Waals surface area contributed by atoms with Crippen molar-refractivity contribution in [3.05, 3.63) is 58.1 Å². The Kier molecular flexibility index (Phi) is 4.93. The van der Waals surface area contributed by atoms with Crippen LogP contribution in [0.1, 0.15) is 17.8 Å². The normalized spacial score (nSPS) is 16.7. The molecule has 6 nitrogen and oxygen atoms in total. The van der Waals surface area contributed by atoms with Crippen LogP contribution in [-0.2, 0) is 0 Å². The van der Waals surface area contributed by atoms with Crippen molar-refractivity contribution in [2.45, 2.75) is 26.4 Å². The van der Waals surface area contributed by atoms with Gasteiger partial charge in [0.15, 0.2) is 5.82 Å². The number of nitrogens with zero attached hydrogens (tertiary/aromatic N) is 5. The standard InChI is InChI=1S/C19H19Cl2N5O/c1-12-7-13(2)26(24-12)19-10-22-9-18(23-19)25-6-5-15(11-25)27-14-3-4-16(20)17(21)8-14/h3-4,7-10,15H,5-6,11H2,1-2H3. The fourth-order valence-corrected chi connectivity index (χ4v) is 3.52. The van der Waals surface area contributed by atoms with Gasteiger partial charge in [-0.05, 0) is 32.0 Å². The second-order valence-corrected chi connectivity index (χ2v) is 7.44. The third kappa shape index (κ3) is 3.87. The molecule has 0 bridgehead atoms. The van der Waals surface area contributed by atoms with Gasteiger partial charge in [-0.2, -0.15) is 5.10 Å². The summed E-state index contributed by atoms with van der Waals surface area (Å²) >= 11 is 12.0. The molecule has 1 atom stereocenters. The summed E-state index contributed by atoms with van der Waals surface area (Å²) in [5, 5.41) is 5.50. The van der Waals surface area contributed by atoms with Gasteiger partial charge < -0.3 is 9.64 Å². The molecule has 1 unspecified atom stereocenters. The van der Waals surface area contributed by atoms with Gasteiger partial charge in [-0.3, -0.25) is 4.98 Å². The highest BCUT2D eigenvalue weighted by Gasteiger charge is 2.26. The molecular weight excluding hydrogens is 385 g/mol. The van der Waals surface area contributed by atoms with Crippen molar-refractivity contribution >= 4 is 29.0 Å². The van der Waals surface area contributed by atoms with E-state index in [1.807, 2.05) is 30.7 Å². The van der Waals surface area contributed by atoms with E-state index in [2.05, 4.69) is 15.0 Å². The van der Waals surface area contributed by atoms with Crippen molar-refractivity contribution in [2.75, 3.05) is 18.0 Å². The lowest BCUT2D eigenvalue weighted by Crippen LogP contribution is -2.25. The Balaban J connectivity index is 1.48. The van der Waals surface area contributed by atoms with E-state index in [-0.39, 0.29) is 6.10 Å². The van der Waals surface area contributed by atoms with Gasteiger partial charge in [0.2, 0.25) is 0 Å². The molecule has 0 aliphatic carbocycles. The van der Waals surface area contributed by atoms with E-state index in [4.69, 9.17) is 32.9 Å². The number of ether oxygens (including phenoxy) is 1. The topological polar surface area (TPSA) is 56.1 Å². The van der Waals surface area contributed by atoms with Crippen molar-refractivity contribution < 1.29 is 4.74 Å². The van der Waals surface area contributed by atoms with Crippen molar-refractivity contribution in [3.8, 4) is 11.6 Å². The second-order valence-electron chi connectivity index (χ2n) is 6.62. The molecule has 27 heavy (non-hydrogen) atoms. The zero-order chi connectivity index (χ0) is 19.0. The number of hydrogen-bond donors (Lipinski definition) is 0. The molecule has 1 aromatic carbocycles. The summed E-state index contributed by atoms with van der Waals surface area (Å²) in [6.07, 6.45) is 4.45. The molecule has 4 rings (SSSR count). The summed E-state index contributed by atoms with van der Waals surface area (Å²) in [6.45, 7) is 5.55. The third-order valence-corrected chi connectivity index (χ3v) is 5.24. The number of aryl methyl sites for hydroxylation is 2. The lowest BCUT2D eigenvalue weighted by molar-refractivity contribution is 0.225. The molecule has 0 saturated carbocycles. The molecule has 1 saturated heterocycles. The smallest absolute Gasteiger partial charge is 0.174 e. The van der Waals surface area contributed by atoms with Crippen molar-refractivity contribution in [1.82, 2.24) is 19.7 Å². The molecule has 3 aromatic rings. The molecule has 0 radical (unpaired) electrons. The average Bonchev–Trinajstić information content (AvgIpc) is 3.24. The van der Waals surface area contributed by atoms with Crippen LogP contribution in [0.3, 0.4) is 0 Å². The van der Waals surface area contributed by atoms with Crippen molar-refractivity contribution in [1.29, 1.82) is 0 Å². The SMILES string of the molecule is Cc1cc(C)n(-c2cncc(N3CCC(Oc4ccc(Cl)c(Cl)c4)C3)n2)n1. The maximum atomic E-state index is 6.07. The van der Waals surface area contributed by atoms with Gasteiger partial charge >= 0.3 is 0 Å². The minimum atomic E-state index is 0.0568. The molecule has 140 valence electrons. The number of hydrogen-bond acceptors (Lipinski definition) is 5. The molecule has 0 amide bonds. The zero-order valence-electron chi connectivity index (χ0n) is 15.1. The lowest BCUT2D eigenvalue weighted by Gasteiger charge is -2.18. The monoisotopic (exact) mass is 403 g/mol. The van der Waals surface area contributed by atoms with E-state index in [1.54, 1.807) is 24.5 Å². The van der Waals surface area contributed by atoms with Crippen LogP contribution < -0.4 is 9.64 Å². The Hall–Kier alpha value is -2.31. The van der Waals surface area contributed by atoms with Crippen LogP contribution in [0.4, 0.5) is 5.82 Å². The third-order valence-electron chi connectivity index (χ3n) is 4.50. The Morgan fingerprint density at radius 2 is 1.89 bits per heavy atom. The van der Waals surface area contributed by atoms with Gasteiger partial charge in [0.1, 0.15) is 17.7 Å². The highest BCUT2D eigenvalue weighted by molar-refractivity contribution is 6.42. The van der Waals surface area contributed by atoms with Crippen LogP contribution in [-0.4, -0.2) is 38.9 Å².